The van der Waals surface area contributed by atoms with Crippen molar-refractivity contribution in [2.24, 2.45) is 0 Å². The van der Waals surface area contributed by atoms with Gasteiger partial charge >= 0.3 is 5.97 Å². The van der Waals surface area contributed by atoms with Crippen LogP contribution in [0.1, 0.15) is 49.0 Å². The third kappa shape index (κ3) is 5.34. The molecule has 2 aromatic carbocycles. The Morgan fingerprint density at radius 3 is 2.43 bits per heavy atom. The summed E-state index contributed by atoms with van der Waals surface area (Å²) < 4.78 is 5.32. The molecule has 0 aromatic heterocycles. The predicted molar refractivity (Wildman–Crippen MR) is 116 cm³/mol. The van der Waals surface area contributed by atoms with Crippen molar-refractivity contribution in [2.75, 3.05) is 24.3 Å². The second kappa shape index (κ2) is 9.87. The van der Waals surface area contributed by atoms with Crippen LogP contribution in [0.4, 0.5) is 17.1 Å². The summed E-state index contributed by atoms with van der Waals surface area (Å²) in [6.45, 7) is 5.60. The van der Waals surface area contributed by atoms with Gasteiger partial charge in [-0.25, -0.2) is 4.79 Å². The maximum absolute atomic E-state index is 12.7. The average molecular weight is 413 g/mol. The molecule has 0 spiro atoms. The Kier molecular flexibility index (Phi) is 7.52. The highest BCUT2D eigenvalue weighted by molar-refractivity contribution is 6.00. The van der Waals surface area contributed by atoms with Crippen molar-refractivity contribution in [3.63, 3.8) is 0 Å². The molecule has 160 valence electrons. The predicted octanol–water partition coefficient (Wildman–Crippen LogP) is 4.36. The number of amides is 1. The lowest BCUT2D eigenvalue weighted by Crippen LogP contribution is -2.31. The molecule has 0 bridgehead atoms. The first-order chi connectivity index (χ1) is 14.1. The first kappa shape index (κ1) is 22.9. The Hall–Kier alpha value is -3.42. The maximum Gasteiger partial charge on any atom is 0.341 e. The van der Waals surface area contributed by atoms with E-state index in [0.717, 1.165) is 18.1 Å². The standard InChI is InChI=1S/C22H27N3O5/c1-6-14(2)17-9-7-8-10-19(17)23-21(26)15(3)30-22(27)18-13-16(25(28)29)11-12-20(18)24(4)5/h7-15H,6H2,1-5H3,(H,23,26)/t14-,15-/m1/s1. The number of nitrogens with zero attached hydrogens (tertiary/aromatic N) is 2. The normalized spacial score (nSPS) is 12.6. The summed E-state index contributed by atoms with van der Waals surface area (Å²) in [5.41, 5.74) is 1.92. The van der Waals surface area contributed by atoms with E-state index in [-0.39, 0.29) is 17.2 Å². The number of rotatable bonds is 8. The van der Waals surface area contributed by atoms with Crippen molar-refractivity contribution in [3.05, 3.63) is 63.7 Å². The summed E-state index contributed by atoms with van der Waals surface area (Å²) in [4.78, 5) is 37.5. The van der Waals surface area contributed by atoms with Crippen molar-refractivity contribution in [1.29, 1.82) is 0 Å². The highest BCUT2D eigenvalue weighted by Gasteiger charge is 2.24. The highest BCUT2D eigenvalue weighted by atomic mass is 16.6. The number of carbonyl (C=O) groups excluding carboxylic acids is 2. The molecule has 0 saturated carbocycles. The van der Waals surface area contributed by atoms with Gasteiger partial charge in [0.05, 0.1) is 16.2 Å². The van der Waals surface area contributed by atoms with Gasteiger partial charge in [-0.2, -0.15) is 0 Å². The minimum absolute atomic E-state index is 0.0221. The Morgan fingerprint density at radius 2 is 1.83 bits per heavy atom. The Morgan fingerprint density at radius 1 is 1.17 bits per heavy atom. The number of hydrogen-bond donors (Lipinski definition) is 1. The third-order valence-corrected chi connectivity index (χ3v) is 4.91. The van der Waals surface area contributed by atoms with E-state index in [1.54, 1.807) is 25.1 Å². The first-order valence-corrected chi connectivity index (χ1v) is 9.72. The Bertz CT molecular complexity index is 942. The van der Waals surface area contributed by atoms with Crippen LogP contribution in [0.25, 0.3) is 0 Å². The molecule has 8 nitrogen and oxygen atoms in total. The van der Waals surface area contributed by atoms with Crippen molar-refractivity contribution >= 4 is 28.9 Å². The van der Waals surface area contributed by atoms with Crippen LogP contribution in [-0.2, 0) is 9.53 Å². The Balaban J connectivity index is 2.19. The number of para-hydroxylation sites is 1. The van der Waals surface area contributed by atoms with Crippen LogP contribution in [0.3, 0.4) is 0 Å². The molecular formula is C22H27N3O5. The second-order valence-electron chi connectivity index (χ2n) is 7.29. The summed E-state index contributed by atoms with van der Waals surface area (Å²) in [7, 11) is 3.42. The fraction of sp³-hybridized carbons (Fsp3) is 0.364. The second-order valence-corrected chi connectivity index (χ2v) is 7.29. The molecule has 0 aliphatic rings. The monoisotopic (exact) mass is 413 g/mol. The molecule has 0 aliphatic carbocycles. The van der Waals surface area contributed by atoms with Crippen LogP contribution < -0.4 is 10.2 Å². The molecule has 1 N–H and O–H groups in total. The highest BCUT2D eigenvalue weighted by Crippen LogP contribution is 2.27. The zero-order valence-electron chi connectivity index (χ0n) is 17.8. The van der Waals surface area contributed by atoms with E-state index in [4.69, 9.17) is 4.74 Å². The number of anilines is 2. The molecule has 0 radical (unpaired) electrons. The molecule has 30 heavy (non-hydrogen) atoms. The number of nitro groups is 1. The van der Waals surface area contributed by atoms with E-state index in [1.165, 1.54) is 19.1 Å². The van der Waals surface area contributed by atoms with E-state index >= 15 is 0 Å². The molecule has 0 heterocycles. The number of nitro benzene ring substituents is 1. The quantitative estimate of drug-likeness (QED) is 0.392. The minimum atomic E-state index is -1.09. The van der Waals surface area contributed by atoms with Crippen LogP contribution in [0.5, 0.6) is 0 Å². The number of nitrogens with one attached hydrogen (secondary N) is 1. The molecule has 2 rings (SSSR count). The van der Waals surface area contributed by atoms with Gasteiger partial charge in [-0.1, -0.05) is 32.0 Å². The largest absolute Gasteiger partial charge is 0.449 e. The van der Waals surface area contributed by atoms with Gasteiger partial charge in [0, 0.05) is 31.9 Å². The average Bonchev–Trinajstić information content (AvgIpc) is 2.72. The zero-order chi connectivity index (χ0) is 22.4. The van der Waals surface area contributed by atoms with Crippen molar-refractivity contribution in [3.8, 4) is 0 Å². The summed E-state index contributed by atoms with van der Waals surface area (Å²) in [5, 5.41) is 13.9. The third-order valence-electron chi connectivity index (χ3n) is 4.91. The fourth-order valence-corrected chi connectivity index (χ4v) is 2.96. The van der Waals surface area contributed by atoms with Crippen LogP contribution in [0.2, 0.25) is 0 Å². The van der Waals surface area contributed by atoms with Gasteiger partial charge in [-0.3, -0.25) is 14.9 Å². The van der Waals surface area contributed by atoms with Crippen LogP contribution >= 0.6 is 0 Å². The summed E-state index contributed by atoms with van der Waals surface area (Å²) in [6.07, 6.45) is -0.172. The fourth-order valence-electron chi connectivity index (χ4n) is 2.96. The smallest absolute Gasteiger partial charge is 0.341 e. The summed E-state index contributed by atoms with van der Waals surface area (Å²) >= 11 is 0. The van der Waals surface area contributed by atoms with Crippen molar-refractivity contribution < 1.29 is 19.2 Å². The molecular weight excluding hydrogens is 386 g/mol. The Labute approximate surface area is 176 Å². The minimum Gasteiger partial charge on any atom is -0.449 e. The lowest BCUT2D eigenvalue weighted by molar-refractivity contribution is -0.384. The van der Waals surface area contributed by atoms with Gasteiger partial charge in [0.2, 0.25) is 0 Å². The van der Waals surface area contributed by atoms with Gasteiger partial charge in [0.25, 0.3) is 11.6 Å². The van der Waals surface area contributed by atoms with Crippen molar-refractivity contribution in [1.82, 2.24) is 0 Å². The zero-order valence-corrected chi connectivity index (χ0v) is 17.8. The molecule has 0 fully saturated rings. The van der Waals surface area contributed by atoms with E-state index in [1.807, 2.05) is 18.2 Å². The molecule has 8 heteroatoms. The number of carbonyl (C=O) groups is 2. The molecule has 0 aliphatic heterocycles. The SMILES string of the molecule is CC[C@@H](C)c1ccccc1NC(=O)[C@@H](C)OC(=O)c1cc([N+](=O)[O-])ccc1N(C)C. The topological polar surface area (TPSA) is 102 Å². The van der Waals surface area contributed by atoms with Crippen LogP contribution in [0.15, 0.2) is 42.5 Å². The van der Waals surface area contributed by atoms with Crippen LogP contribution in [-0.4, -0.2) is 37.0 Å². The number of ether oxygens (including phenoxy) is 1. The summed E-state index contributed by atoms with van der Waals surface area (Å²) in [6, 6.07) is 11.4. The van der Waals surface area contributed by atoms with Crippen LogP contribution in [0, 0.1) is 10.1 Å². The van der Waals surface area contributed by atoms with Gasteiger partial charge < -0.3 is 15.0 Å². The number of non-ortho nitro benzene ring substituents is 1. The van der Waals surface area contributed by atoms with Crippen molar-refractivity contribution in [2.45, 2.75) is 39.2 Å². The van der Waals surface area contributed by atoms with E-state index in [9.17, 15) is 19.7 Å². The number of benzene rings is 2. The first-order valence-electron chi connectivity index (χ1n) is 9.72. The maximum atomic E-state index is 12.7. The molecule has 0 saturated heterocycles. The molecule has 2 aromatic rings. The lowest BCUT2D eigenvalue weighted by atomic mass is 9.97. The summed E-state index contributed by atoms with van der Waals surface area (Å²) in [5.74, 6) is -1.02. The number of esters is 1. The molecule has 0 unspecified atom stereocenters. The van der Waals surface area contributed by atoms with Gasteiger partial charge in [0.1, 0.15) is 0 Å². The molecule has 1 amide bonds. The van der Waals surface area contributed by atoms with Gasteiger partial charge in [-0.05, 0) is 37.0 Å². The van der Waals surface area contributed by atoms with E-state index in [0.29, 0.717) is 11.4 Å². The number of hydrogen-bond acceptors (Lipinski definition) is 6. The molecule has 2 atom stereocenters. The lowest BCUT2D eigenvalue weighted by Gasteiger charge is -2.20. The van der Waals surface area contributed by atoms with E-state index < -0.39 is 22.9 Å². The van der Waals surface area contributed by atoms with Gasteiger partial charge in [0.15, 0.2) is 6.10 Å². The van der Waals surface area contributed by atoms with Gasteiger partial charge in [-0.15, -0.1) is 0 Å². The van der Waals surface area contributed by atoms with E-state index in [2.05, 4.69) is 19.2 Å².